The Balaban J connectivity index is 3.33. The predicted molar refractivity (Wildman–Crippen MR) is 108 cm³/mol. The molecule has 0 aromatic rings. The van der Waals surface area contributed by atoms with Crippen molar-refractivity contribution >= 4 is 12.8 Å². The first-order chi connectivity index (χ1) is 11.1. The number of hydrogen-bond donors (Lipinski definition) is 1. The highest BCUT2D eigenvalue weighted by molar-refractivity contribution is 7.74. The van der Waals surface area contributed by atoms with Gasteiger partial charge in [-0.05, 0) is 25.7 Å². The molecule has 0 radical (unpaired) electrons. The maximum absolute atomic E-state index is 12.3. The molecule has 0 bridgehead atoms. The molecule has 0 spiro atoms. The van der Waals surface area contributed by atoms with Crippen molar-refractivity contribution < 1.29 is 4.05 Å². The number of unbranched alkanes of at least 4 members (excludes halogenated alkanes) is 14. The van der Waals surface area contributed by atoms with Gasteiger partial charge >= 0.3 is 0 Å². The molecule has 3 heteroatoms. The largest absolute Gasteiger partial charge is 0.620 e. The van der Waals surface area contributed by atoms with Gasteiger partial charge in [0.1, 0.15) is 0 Å². The SMILES string of the molecule is CCCCCCCCCC[N+]([O-])(S)CCCCCCCCCC. The summed E-state index contributed by atoms with van der Waals surface area (Å²) in [5.74, 6) is 0. The molecule has 0 amide bonds. The van der Waals surface area contributed by atoms with Gasteiger partial charge in [0.15, 0.2) is 0 Å². The molecule has 2 nitrogen and oxygen atoms in total. The summed E-state index contributed by atoms with van der Waals surface area (Å²) in [4.78, 5) is 0. The van der Waals surface area contributed by atoms with E-state index in [9.17, 15) is 5.21 Å². The number of thiol groups is 1. The van der Waals surface area contributed by atoms with Crippen molar-refractivity contribution in [2.45, 2.75) is 117 Å². The summed E-state index contributed by atoms with van der Waals surface area (Å²) in [5, 5.41) is 12.3. The molecule has 0 N–H and O–H groups in total. The standard InChI is InChI=1S/C20H43NOS/c1-3-5-7-9-11-13-15-17-19-21(22,23)20-18-16-14-12-10-8-6-4-2/h23H,3-20H2,1-2H3. The fourth-order valence-electron chi connectivity index (χ4n) is 3.10. The van der Waals surface area contributed by atoms with Crippen molar-refractivity contribution in [2.75, 3.05) is 13.1 Å². The highest BCUT2D eigenvalue weighted by Crippen LogP contribution is 2.17. The summed E-state index contributed by atoms with van der Waals surface area (Å²) in [6, 6.07) is 0. The molecule has 0 heterocycles. The summed E-state index contributed by atoms with van der Waals surface area (Å²) >= 11 is 4.31. The molecule has 0 fully saturated rings. The van der Waals surface area contributed by atoms with Gasteiger partial charge in [0.25, 0.3) is 0 Å². The molecule has 0 aliphatic heterocycles. The van der Waals surface area contributed by atoms with Gasteiger partial charge in [-0.3, -0.25) is 0 Å². The van der Waals surface area contributed by atoms with Crippen molar-refractivity contribution in [3.05, 3.63) is 5.21 Å². The Kier molecular flexibility index (Phi) is 17.3. The molecule has 0 aromatic heterocycles. The van der Waals surface area contributed by atoms with Crippen LogP contribution >= 0.6 is 12.8 Å². The average Bonchev–Trinajstić information content (AvgIpc) is 2.52. The van der Waals surface area contributed by atoms with Crippen LogP contribution in [0, 0.1) is 5.21 Å². The van der Waals surface area contributed by atoms with Crippen LogP contribution < -0.4 is 0 Å². The van der Waals surface area contributed by atoms with Crippen molar-refractivity contribution in [2.24, 2.45) is 0 Å². The molecule has 23 heavy (non-hydrogen) atoms. The Morgan fingerprint density at radius 2 is 0.783 bits per heavy atom. The smallest absolute Gasteiger partial charge is 0.0888 e. The van der Waals surface area contributed by atoms with Gasteiger partial charge in [-0.25, -0.2) is 0 Å². The Morgan fingerprint density at radius 1 is 0.522 bits per heavy atom. The Bertz CT molecular complexity index is 212. The zero-order valence-electron chi connectivity index (χ0n) is 16.0. The Hall–Kier alpha value is 0.270. The van der Waals surface area contributed by atoms with Crippen LogP contribution in [0.1, 0.15) is 117 Å². The Morgan fingerprint density at radius 3 is 1.09 bits per heavy atom. The van der Waals surface area contributed by atoms with Gasteiger partial charge in [0, 0.05) is 0 Å². The molecule has 0 aliphatic carbocycles. The molecule has 0 saturated heterocycles. The van der Waals surface area contributed by atoms with Crippen LogP contribution in [0.25, 0.3) is 0 Å². The fourth-order valence-corrected chi connectivity index (χ4v) is 3.38. The number of quaternary nitrogens is 1. The van der Waals surface area contributed by atoms with E-state index in [1.165, 1.54) is 89.9 Å². The van der Waals surface area contributed by atoms with Crippen LogP contribution in [0.3, 0.4) is 0 Å². The van der Waals surface area contributed by atoms with Gasteiger partial charge in [-0.15, -0.1) is 0 Å². The third-order valence-corrected chi connectivity index (χ3v) is 5.12. The number of nitrogens with zero attached hydrogens (tertiary/aromatic N) is 1. The third kappa shape index (κ3) is 18.4. The maximum atomic E-state index is 12.3. The normalized spacial score (nSPS) is 12.0. The van der Waals surface area contributed by atoms with E-state index < -0.39 is 0 Å². The summed E-state index contributed by atoms with van der Waals surface area (Å²) in [5.41, 5.74) is 0. The van der Waals surface area contributed by atoms with Gasteiger partial charge in [-0.2, -0.15) is 0 Å². The molecule has 0 unspecified atom stereocenters. The van der Waals surface area contributed by atoms with E-state index >= 15 is 0 Å². The minimum absolute atomic E-state index is 0.314. The van der Waals surface area contributed by atoms with E-state index in [1.54, 1.807) is 0 Å². The quantitative estimate of drug-likeness (QED) is 0.119. The van der Waals surface area contributed by atoms with Crippen LogP contribution in [0.5, 0.6) is 0 Å². The second kappa shape index (κ2) is 17.1. The van der Waals surface area contributed by atoms with Gasteiger partial charge in [0.2, 0.25) is 0 Å². The summed E-state index contributed by atoms with van der Waals surface area (Å²) in [7, 11) is 0. The summed E-state index contributed by atoms with van der Waals surface area (Å²) < 4.78 is -0.314. The first kappa shape index (κ1) is 23.3. The number of rotatable bonds is 18. The summed E-state index contributed by atoms with van der Waals surface area (Å²) in [6.45, 7) is 5.89. The topological polar surface area (TPSA) is 23.1 Å². The van der Waals surface area contributed by atoms with Gasteiger partial charge in [-0.1, -0.05) is 90.9 Å². The van der Waals surface area contributed by atoms with E-state index in [-0.39, 0.29) is 4.05 Å². The van der Waals surface area contributed by atoms with Crippen molar-refractivity contribution in [3.8, 4) is 0 Å². The molecule has 0 aromatic carbocycles. The van der Waals surface area contributed by atoms with E-state index in [0.29, 0.717) is 13.1 Å². The number of hydroxylamine groups is 2. The molecular weight excluding hydrogens is 302 g/mol. The van der Waals surface area contributed by atoms with Crippen molar-refractivity contribution in [1.82, 2.24) is 0 Å². The van der Waals surface area contributed by atoms with E-state index in [1.807, 2.05) is 0 Å². The molecule has 0 atom stereocenters. The van der Waals surface area contributed by atoms with Gasteiger partial charge in [0.05, 0.1) is 25.9 Å². The molecule has 0 saturated carbocycles. The fraction of sp³-hybridized carbons (Fsp3) is 1.00. The van der Waals surface area contributed by atoms with Crippen LogP contribution in [0.2, 0.25) is 0 Å². The highest BCUT2D eigenvalue weighted by atomic mass is 32.1. The molecule has 0 aliphatic rings. The Labute approximate surface area is 152 Å². The summed E-state index contributed by atoms with van der Waals surface area (Å²) in [6.07, 6.45) is 20.6. The first-order valence-corrected chi connectivity index (χ1v) is 10.8. The lowest BCUT2D eigenvalue weighted by molar-refractivity contribution is -0.738. The van der Waals surface area contributed by atoms with Crippen LogP contribution in [0.15, 0.2) is 0 Å². The van der Waals surface area contributed by atoms with Crippen molar-refractivity contribution in [1.29, 1.82) is 0 Å². The monoisotopic (exact) mass is 345 g/mol. The van der Waals surface area contributed by atoms with Crippen LogP contribution in [0.4, 0.5) is 0 Å². The zero-order valence-corrected chi connectivity index (χ0v) is 16.9. The molecule has 140 valence electrons. The minimum atomic E-state index is -0.314. The second-order valence-corrected chi connectivity index (χ2v) is 7.97. The van der Waals surface area contributed by atoms with E-state index in [2.05, 4.69) is 26.7 Å². The highest BCUT2D eigenvalue weighted by Gasteiger charge is 2.11. The lowest BCUT2D eigenvalue weighted by Gasteiger charge is -2.35. The van der Waals surface area contributed by atoms with Crippen LogP contribution in [-0.2, 0) is 0 Å². The molecule has 0 rings (SSSR count). The third-order valence-electron chi connectivity index (χ3n) is 4.72. The number of hydrogen-bond acceptors (Lipinski definition) is 2. The van der Waals surface area contributed by atoms with E-state index in [4.69, 9.17) is 0 Å². The van der Waals surface area contributed by atoms with Gasteiger partial charge < -0.3 is 9.26 Å². The van der Waals surface area contributed by atoms with Crippen molar-refractivity contribution in [3.63, 3.8) is 0 Å². The van der Waals surface area contributed by atoms with Crippen LogP contribution in [-0.4, -0.2) is 17.1 Å². The lowest BCUT2D eigenvalue weighted by atomic mass is 10.1. The lowest BCUT2D eigenvalue weighted by Crippen LogP contribution is -2.33. The predicted octanol–water partition coefficient (Wildman–Crippen LogP) is 7.43. The zero-order chi connectivity index (χ0) is 17.2. The molecular formula is C20H43NOS. The first-order valence-electron chi connectivity index (χ1n) is 10.4. The minimum Gasteiger partial charge on any atom is -0.620 e. The average molecular weight is 346 g/mol. The van der Waals surface area contributed by atoms with E-state index in [0.717, 1.165) is 12.8 Å². The second-order valence-electron chi connectivity index (χ2n) is 7.24. The maximum Gasteiger partial charge on any atom is 0.0888 e.